The zero-order chi connectivity index (χ0) is 19.6. The predicted octanol–water partition coefficient (Wildman–Crippen LogP) is 3.97. The summed E-state index contributed by atoms with van der Waals surface area (Å²) in [5.74, 6) is 0.787. The Balaban J connectivity index is 1.36. The van der Waals surface area contributed by atoms with Gasteiger partial charge in [-0.3, -0.25) is 4.79 Å². The van der Waals surface area contributed by atoms with Crippen LogP contribution in [0.1, 0.15) is 36.0 Å². The van der Waals surface area contributed by atoms with Crippen LogP contribution in [0, 0.1) is 5.82 Å². The SMILES string of the molecule is O=C(NCCCCOc1ccc(F)cc1)c1ccccc1OCC1CCCO1. The number of para-hydroxylation sites is 1. The smallest absolute Gasteiger partial charge is 0.255 e. The number of unbranched alkanes of at least 4 members (excludes halogenated alkanes) is 1. The van der Waals surface area contributed by atoms with Gasteiger partial charge in [-0.25, -0.2) is 4.39 Å². The van der Waals surface area contributed by atoms with Gasteiger partial charge < -0.3 is 19.5 Å². The second-order valence-electron chi connectivity index (χ2n) is 6.71. The van der Waals surface area contributed by atoms with Gasteiger partial charge in [0, 0.05) is 13.2 Å². The molecule has 6 heteroatoms. The number of rotatable bonds is 10. The first-order valence-corrected chi connectivity index (χ1v) is 9.72. The number of amides is 1. The maximum Gasteiger partial charge on any atom is 0.255 e. The van der Waals surface area contributed by atoms with E-state index in [-0.39, 0.29) is 17.8 Å². The normalized spacial score (nSPS) is 16.0. The molecule has 1 N–H and O–H groups in total. The van der Waals surface area contributed by atoms with E-state index < -0.39 is 0 Å². The Hall–Kier alpha value is -2.60. The molecule has 0 aliphatic carbocycles. The third-order valence-electron chi connectivity index (χ3n) is 4.52. The van der Waals surface area contributed by atoms with Crippen LogP contribution >= 0.6 is 0 Å². The van der Waals surface area contributed by atoms with Crippen LogP contribution in [0.25, 0.3) is 0 Å². The molecule has 28 heavy (non-hydrogen) atoms. The summed E-state index contributed by atoms with van der Waals surface area (Å²) in [5, 5.41) is 2.92. The number of nitrogens with one attached hydrogen (secondary N) is 1. The first kappa shape index (κ1) is 20.1. The quantitative estimate of drug-likeness (QED) is 0.627. The van der Waals surface area contributed by atoms with Crippen molar-refractivity contribution in [3.05, 3.63) is 59.9 Å². The Kier molecular flexibility index (Phi) is 7.67. The molecule has 1 fully saturated rings. The topological polar surface area (TPSA) is 56.8 Å². The predicted molar refractivity (Wildman–Crippen MR) is 104 cm³/mol. The minimum absolute atomic E-state index is 0.109. The van der Waals surface area contributed by atoms with Crippen LogP contribution in [0.4, 0.5) is 4.39 Å². The van der Waals surface area contributed by atoms with Gasteiger partial charge in [0.15, 0.2) is 0 Å². The minimum Gasteiger partial charge on any atom is -0.494 e. The molecule has 0 saturated carbocycles. The molecule has 3 rings (SSSR count). The van der Waals surface area contributed by atoms with E-state index in [9.17, 15) is 9.18 Å². The van der Waals surface area contributed by atoms with Gasteiger partial charge >= 0.3 is 0 Å². The van der Waals surface area contributed by atoms with Gasteiger partial charge in [-0.1, -0.05) is 12.1 Å². The molecule has 1 aliphatic heterocycles. The lowest BCUT2D eigenvalue weighted by Gasteiger charge is -2.14. The summed E-state index contributed by atoms with van der Waals surface area (Å²) in [4.78, 5) is 12.5. The van der Waals surface area contributed by atoms with Gasteiger partial charge in [0.05, 0.1) is 18.3 Å². The van der Waals surface area contributed by atoms with Crippen molar-refractivity contribution in [2.45, 2.75) is 31.8 Å². The molecule has 0 bridgehead atoms. The molecule has 150 valence electrons. The van der Waals surface area contributed by atoms with Crippen LogP contribution < -0.4 is 14.8 Å². The van der Waals surface area contributed by atoms with Gasteiger partial charge in [0.25, 0.3) is 5.91 Å². The first-order chi connectivity index (χ1) is 13.7. The number of hydrogen-bond acceptors (Lipinski definition) is 4. The zero-order valence-corrected chi connectivity index (χ0v) is 15.9. The second-order valence-corrected chi connectivity index (χ2v) is 6.71. The van der Waals surface area contributed by atoms with Crippen molar-refractivity contribution in [1.29, 1.82) is 0 Å². The number of benzene rings is 2. The van der Waals surface area contributed by atoms with Crippen molar-refractivity contribution >= 4 is 5.91 Å². The molecule has 1 unspecified atom stereocenters. The second kappa shape index (κ2) is 10.7. The summed E-state index contributed by atoms with van der Waals surface area (Å²) < 4.78 is 29.7. The fourth-order valence-electron chi connectivity index (χ4n) is 2.98. The lowest BCUT2D eigenvalue weighted by Crippen LogP contribution is -2.26. The standard InChI is InChI=1S/C22H26FNO4/c23-17-9-11-18(12-10-17)26-14-4-3-13-24-22(25)20-7-1-2-8-21(20)28-16-19-6-5-15-27-19/h1-2,7-12,19H,3-6,13-16H2,(H,24,25). The summed E-state index contributed by atoms with van der Waals surface area (Å²) >= 11 is 0. The largest absolute Gasteiger partial charge is 0.494 e. The minimum atomic E-state index is -0.282. The van der Waals surface area contributed by atoms with Crippen molar-refractivity contribution in [2.24, 2.45) is 0 Å². The highest BCUT2D eigenvalue weighted by molar-refractivity contribution is 5.96. The molecule has 5 nitrogen and oxygen atoms in total. The van der Waals surface area contributed by atoms with Crippen LogP contribution in [-0.2, 0) is 4.74 Å². The molecular formula is C22H26FNO4. The monoisotopic (exact) mass is 387 g/mol. The molecule has 0 aromatic heterocycles. The van der Waals surface area contributed by atoms with E-state index in [1.165, 1.54) is 12.1 Å². The summed E-state index contributed by atoms with van der Waals surface area (Å²) in [5.41, 5.74) is 0.531. The fourth-order valence-corrected chi connectivity index (χ4v) is 2.98. The molecule has 1 atom stereocenters. The number of ether oxygens (including phenoxy) is 3. The Bertz CT molecular complexity index is 744. The Morgan fingerprint density at radius 2 is 1.93 bits per heavy atom. The molecule has 1 heterocycles. The highest BCUT2D eigenvalue weighted by atomic mass is 19.1. The Labute approximate surface area is 164 Å². The van der Waals surface area contributed by atoms with Gasteiger partial charge in [-0.2, -0.15) is 0 Å². The van der Waals surface area contributed by atoms with E-state index in [0.717, 1.165) is 32.3 Å². The fraction of sp³-hybridized carbons (Fsp3) is 0.409. The molecular weight excluding hydrogens is 361 g/mol. The van der Waals surface area contributed by atoms with Crippen molar-refractivity contribution in [3.63, 3.8) is 0 Å². The van der Waals surface area contributed by atoms with Gasteiger partial charge in [0.2, 0.25) is 0 Å². The average Bonchev–Trinajstić information content (AvgIpc) is 3.24. The van der Waals surface area contributed by atoms with E-state index in [0.29, 0.717) is 36.8 Å². The summed E-state index contributed by atoms with van der Waals surface area (Å²) in [6, 6.07) is 13.2. The maximum absolute atomic E-state index is 12.8. The third-order valence-corrected chi connectivity index (χ3v) is 4.52. The zero-order valence-electron chi connectivity index (χ0n) is 15.9. The maximum atomic E-state index is 12.8. The van der Waals surface area contributed by atoms with E-state index in [1.807, 2.05) is 12.1 Å². The first-order valence-electron chi connectivity index (χ1n) is 9.72. The number of carbonyl (C=O) groups excluding carboxylic acids is 1. The van der Waals surface area contributed by atoms with E-state index in [2.05, 4.69) is 5.32 Å². The molecule has 1 aliphatic rings. The Morgan fingerprint density at radius 3 is 2.71 bits per heavy atom. The third kappa shape index (κ3) is 6.23. The van der Waals surface area contributed by atoms with Crippen LogP contribution in [0.5, 0.6) is 11.5 Å². The average molecular weight is 387 g/mol. The van der Waals surface area contributed by atoms with Gasteiger partial charge in [-0.05, 0) is 62.1 Å². The lowest BCUT2D eigenvalue weighted by atomic mass is 10.2. The number of halogens is 1. The van der Waals surface area contributed by atoms with Crippen molar-refractivity contribution in [3.8, 4) is 11.5 Å². The van der Waals surface area contributed by atoms with E-state index in [4.69, 9.17) is 14.2 Å². The molecule has 2 aromatic rings. The summed E-state index contributed by atoms with van der Waals surface area (Å²) in [6.45, 7) is 2.31. The molecule has 1 amide bonds. The highest BCUT2D eigenvalue weighted by Crippen LogP contribution is 2.20. The molecule has 0 radical (unpaired) electrons. The van der Waals surface area contributed by atoms with Gasteiger partial charge in [-0.15, -0.1) is 0 Å². The molecule has 0 spiro atoms. The lowest BCUT2D eigenvalue weighted by molar-refractivity contribution is 0.0670. The van der Waals surface area contributed by atoms with Crippen LogP contribution in [0.15, 0.2) is 48.5 Å². The molecule has 2 aromatic carbocycles. The van der Waals surface area contributed by atoms with Crippen LogP contribution in [0.2, 0.25) is 0 Å². The van der Waals surface area contributed by atoms with Gasteiger partial charge in [0.1, 0.15) is 23.9 Å². The number of hydrogen-bond donors (Lipinski definition) is 1. The van der Waals surface area contributed by atoms with E-state index >= 15 is 0 Å². The number of carbonyl (C=O) groups is 1. The van der Waals surface area contributed by atoms with Crippen molar-refractivity contribution < 1.29 is 23.4 Å². The van der Waals surface area contributed by atoms with Crippen LogP contribution in [0.3, 0.4) is 0 Å². The Morgan fingerprint density at radius 1 is 1.11 bits per heavy atom. The van der Waals surface area contributed by atoms with Crippen molar-refractivity contribution in [2.75, 3.05) is 26.4 Å². The molecule has 1 saturated heterocycles. The van der Waals surface area contributed by atoms with E-state index in [1.54, 1.807) is 24.3 Å². The van der Waals surface area contributed by atoms with Crippen LogP contribution in [-0.4, -0.2) is 38.4 Å². The summed E-state index contributed by atoms with van der Waals surface area (Å²) in [6.07, 6.45) is 3.73. The highest BCUT2D eigenvalue weighted by Gasteiger charge is 2.18. The summed E-state index contributed by atoms with van der Waals surface area (Å²) in [7, 11) is 0. The van der Waals surface area contributed by atoms with Crippen molar-refractivity contribution in [1.82, 2.24) is 5.32 Å².